The summed E-state index contributed by atoms with van der Waals surface area (Å²) in [7, 11) is -5.00. The zero-order valence-electron chi connectivity index (χ0n) is 43.5. The van der Waals surface area contributed by atoms with E-state index in [1.165, 1.54) is 0 Å². The van der Waals surface area contributed by atoms with E-state index in [2.05, 4.69) is 0 Å². The predicted octanol–water partition coefficient (Wildman–Crippen LogP) is 15.3. The van der Waals surface area contributed by atoms with Gasteiger partial charge in [-0.3, -0.25) is 0 Å². The molecule has 0 spiro atoms. The Balaban J connectivity index is 1.16. The van der Waals surface area contributed by atoms with E-state index < -0.39 is 62.4 Å². The molecule has 1 fully saturated rings. The van der Waals surface area contributed by atoms with Crippen LogP contribution in [0, 0.1) is 0 Å². The van der Waals surface area contributed by atoms with Crippen molar-refractivity contribution in [3.8, 4) is 0 Å². The largest absolute Gasteiger partial charge is 0.376 e. The van der Waals surface area contributed by atoms with Crippen LogP contribution in [0.5, 0.6) is 0 Å². The molecule has 0 amide bonds. The molecule has 0 N–H and O–H groups in total. The Kier molecular flexibility index (Phi) is 23.5. The molecule has 0 heterocycles. The van der Waals surface area contributed by atoms with E-state index in [0.717, 1.165) is 44.5 Å². The Bertz CT molecular complexity index is 2710. The van der Waals surface area contributed by atoms with Gasteiger partial charge in [0.25, 0.3) is 0 Å². The quantitative estimate of drug-likeness (QED) is 0.0386. The minimum atomic E-state index is -2.23. The van der Waals surface area contributed by atoms with Crippen molar-refractivity contribution < 1.29 is 54.9 Å². The van der Waals surface area contributed by atoms with Gasteiger partial charge in [0.15, 0.2) is 0 Å². The standard InChI is InChI=1S/C63H65O12P3/c1-64-58-59(65-42-50-26-10-2-11-27-50)60(66-43-51-28-12-3-13-29-51)62(74-77(69-46-54-34-18-6-19-35-54)70-47-55-36-20-7-21-37-55)63(75-78(71-48-56-38-22-8-23-39-56)72-49-57-40-24-9-25-41-57)61(58)73-76(67-44-52-30-14-4-15-31-52)68-45-53-32-16-5-17-33-53/h2-41,58-63H,42-49H2,1H3/t58-,59-,60+,61+,62+,63-/m0/s1. The molecular formula is C63H65O12P3. The average molecular weight is 1110 g/mol. The van der Waals surface area contributed by atoms with Gasteiger partial charge in [0, 0.05) is 7.11 Å². The Morgan fingerprint density at radius 1 is 0.231 bits per heavy atom. The summed E-state index contributed by atoms with van der Waals surface area (Å²) in [5.41, 5.74) is 7.44. The molecule has 0 radical (unpaired) electrons. The highest BCUT2D eigenvalue weighted by Crippen LogP contribution is 2.54. The molecule has 1 saturated carbocycles. The van der Waals surface area contributed by atoms with E-state index in [9.17, 15) is 0 Å². The highest BCUT2D eigenvalue weighted by Gasteiger charge is 2.58. The van der Waals surface area contributed by atoms with Crippen LogP contribution >= 0.6 is 25.8 Å². The van der Waals surface area contributed by atoms with E-state index in [-0.39, 0.29) is 52.9 Å². The van der Waals surface area contributed by atoms with Crippen LogP contribution in [0.4, 0.5) is 0 Å². The molecule has 404 valence electrons. The molecule has 12 nitrogen and oxygen atoms in total. The highest BCUT2D eigenvalue weighted by atomic mass is 31.2. The minimum Gasteiger partial charge on any atom is -0.376 e. The number of hydrogen-bond acceptors (Lipinski definition) is 12. The van der Waals surface area contributed by atoms with Gasteiger partial charge in [0.1, 0.15) is 36.6 Å². The molecule has 9 rings (SSSR count). The number of rotatable bonds is 31. The Labute approximate surface area is 462 Å². The van der Waals surface area contributed by atoms with Crippen molar-refractivity contribution in [1.29, 1.82) is 0 Å². The normalized spacial score (nSPS) is 18.4. The fourth-order valence-corrected chi connectivity index (χ4v) is 11.9. The van der Waals surface area contributed by atoms with Crippen LogP contribution in [-0.2, 0) is 108 Å². The monoisotopic (exact) mass is 1110 g/mol. The highest BCUT2D eigenvalue weighted by molar-refractivity contribution is 7.42. The first-order chi connectivity index (χ1) is 38.6. The summed E-state index contributed by atoms with van der Waals surface area (Å²) in [6.45, 7) is 1.47. The van der Waals surface area contributed by atoms with Crippen LogP contribution in [-0.4, -0.2) is 43.7 Å². The lowest BCUT2D eigenvalue weighted by atomic mass is 9.84. The van der Waals surface area contributed by atoms with Crippen LogP contribution in [0.25, 0.3) is 0 Å². The second-order valence-electron chi connectivity index (χ2n) is 18.2. The molecule has 8 aromatic carbocycles. The van der Waals surface area contributed by atoms with Crippen molar-refractivity contribution in [2.45, 2.75) is 89.5 Å². The Hall–Kier alpha value is -5.43. The SMILES string of the molecule is CO[C@H]1[C@H](OCc2ccccc2)[C@@H](OCc2ccccc2)[C@@H](OP(OCc2ccccc2)OCc2ccccc2)[C@@H](OP(OCc2ccccc2)OCc2ccccc2)[C@@H]1OP(OCc1ccccc1)OCc1ccccc1. The minimum absolute atomic E-state index is 0.176. The molecule has 0 saturated heterocycles. The summed E-state index contributed by atoms with van der Waals surface area (Å²) < 4.78 is 83.3. The Morgan fingerprint density at radius 3 is 0.628 bits per heavy atom. The predicted molar refractivity (Wildman–Crippen MR) is 304 cm³/mol. The van der Waals surface area contributed by atoms with E-state index in [1.54, 1.807) is 7.11 Å². The summed E-state index contributed by atoms with van der Waals surface area (Å²) in [5.74, 6) is 0. The molecule has 6 atom stereocenters. The van der Waals surface area contributed by atoms with E-state index in [4.69, 9.17) is 54.9 Å². The third-order valence-electron chi connectivity index (χ3n) is 12.5. The van der Waals surface area contributed by atoms with Crippen LogP contribution in [0.1, 0.15) is 44.5 Å². The molecule has 0 unspecified atom stereocenters. The first-order valence-electron chi connectivity index (χ1n) is 25.9. The van der Waals surface area contributed by atoms with E-state index >= 15 is 0 Å². The van der Waals surface area contributed by atoms with Crippen molar-refractivity contribution >= 4 is 25.8 Å². The second-order valence-corrected chi connectivity index (χ2v) is 21.7. The van der Waals surface area contributed by atoms with Crippen LogP contribution in [0.2, 0.25) is 0 Å². The van der Waals surface area contributed by atoms with Crippen molar-refractivity contribution in [1.82, 2.24) is 0 Å². The molecule has 15 heteroatoms. The van der Waals surface area contributed by atoms with Gasteiger partial charge >= 0.3 is 25.8 Å². The first kappa shape index (κ1) is 57.3. The molecule has 78 heavy (non-hydrogen) atoms. The lowest BCUT2D eigenvalue weighted by molar-refractivity contribution is -0.246. The summed E-state index contributed by atoms with van der Waals surface area (Å²) in [6.07, 6.45) is -6.00. The van der Waals surface area contributed by atoms with Gasteiger partial charge < -0.3 is 54.9 Å². The third-order valence-corrected chi connectivity index (χ3v) is 15.8. The number of ether oxygens (including phenoxy) is 3. The molecule has 1 aliphatic rings. The van der Waals surface area contributed by atoms with Gasteiger partial charge in [-0.2, -0.15) is 0 Å². The molecule has 8 aromatic rings. The van der Waals surface area contributed by atoms with Crippen LogP contribution in [0.3, 0.4) is 0 Å². The van der Waals surface area contributed by atoms with Gasteiger partial charge in [-0.25, -0.2) is 0 Å². The zero-order chi connectivity index (χ0) is 53.2. The first-order valence-corrected chi connectivity index (χ1v) is 29.2. The maximum Gasteiger partial charge on any atom is 0.333 e. The summed E-state index contributed by atoms with van der Waals surface area (Å²) in [4.78, 5) is 0. The second kappa shape index (κ2) is 32.0. The fraction of sp³-hybridized carbons (Fsp3) is 0.238. The molecular weight excluding hydrogens is 1040 g/mol. The maximum absolute atomic E-state index is 7.40. The van der Waals surface area contributed by atoms with Gasteiger partial charge in [-0.15, -0.1) is 0 Å². The summed E-state index contributed by atoms with van der Waals surface area (Å²) in [5, 5.41) is 0. The number of hydrogen-bond donors (Lipinski definition) is 0. The summed E-state index contributed by atoms with van der Waals surface area (Å²) >= 11 is 0. The third kappa shape index (κ3) is 18.3. The van der Waals surface area contributed by atoms with Gasteiger partial charge in [0.05, 0.1) is 52.9 Å². The summed E-state index contributed by atoms with van der Waals surface area (Å²) in [6, 6.07) is 79.3. The molecule has 1 aliphatic carbocycles. The van der Waals surface area contributed by atoms with E-state index in [1.807, 2.05) is 243 Å². The lowest BCUT2D eigenvalue weighted by Gasteiger charge is -2.49. The number of benzene rings is 8. The van der Waals surface area contributed by atoms with E-state index in [0.29, 0.717) is 0 Å². The van der Waals surface area contributed by atoms with Gasteiger partial charge in [-0.1, -0.05) is 243 Å². The number of methoxy groups -OCH3 is 1. The maximum atomic E-state index is 7.40. The van der Waals surface area contributed by atoms with Crippen molar-refractivity contribution in [2.75, 3.05) is 7.11 Å². The average Bonchev–Trinajstić information content (AvgIpc) is 3.65. The van der Waals surface area contributed by atoms with Crippen molar-refractivity contribution in [2.24, 2.45) is 0 Å². The van der Waals surface area contributed by atoms with Crippen LogP contribution < -0.4 is 0 Å². The lowest BCUT2D eigenvalue weighted by Crippen LogP contribution is -2.66. The molecule has 0 aromatic heterocycles. The zero-order valence-corrected chi connectivity index (χ0v) is 46.1. The smallest absolute Gasteiger partial charge is 0.333 e. The van der Waals surface area contributed by atoms with Gasteiger partial charge in [0.2, 0.25) is 0 Å². The van der Waals surface area contributed by atoms with Gasteiger partial charge in [-0.05, 0) is 44.5 Å². The van der Waals surface area contributed by atoms with Crippen LogP contribution in [0.15, 0.2) is 243 Å². The van der Waals surface area contributed by atoms with Crippen molar-refractivity contribution in [3.63, 3.8) is 0 Å². The topological polar surface area (TPSA) is 111 Å². The molecule has 0 aliphatic heterocycles. The van der Waals surface area contributed by atoms with Crippen molar-refractivity contribution in [3.05, 3.63) is 287 Å². The Morgan fingerprint density at radius 2 is 0.410 bits per heavy atom. The molecule has 0 bridgehead atoms. The fourth-order valence-electron chi connectivity index (χ4n) is 8.46.